The third-order valence-corrected chi connectivity index (χ3v) is 3.93. The Kier molecular flexibility index (Phi) is 4.38. The van der Waals surface area contributed by atoms with E-state index < -0.39 is 40.8 Å². The minimum Gasteiger partial charge on any atom is -0.366 e. The second kappa shape index (κ2) is 6.67. The molecule has 1 heterocycles. The number of nitro benzene ring substituents is 1. The highest BCUT2D eigenvalue weighted by molar-refractivity contribution is 6.24. The Hall–Kier alpha value is -4.08. The predicted molar refractivity (Wildman–Crippen MR) is 92.1 cm³/mol. The number of rotatable bonds is 5. The van der Waals surface area contributed by atoms with E-state index in [2.05, 4.69) is 5.32 Å². The number of imide groups is 1. The molecule has 27 heavy (non-hydrogen) atoms. The lowest BCUT2D eigenvalue weighted by Crippen LogP contribution is -2.37. The number of benzene rings is 2. The first-order valence-corrected chi connectivity index (χ1v) is 7.63. The summed E-state index contributed by atoms with van der Waals surface area (Å²) in [6, 6.07) is 9.39. The molecule has 1 aliphatic heterocycles. The number of fused-ring (bicyclic) bond motifs is 1. The van der Waals surface area contributed by atoms with E-state index in [9.17, 15) is 29.3 Å². The van der Waals surface area contributed by atoms with Crippen molar-refractivity contribution >= 4 is 35.0 Å². The maximum absolute atomic E-state index is 12.4. The van der Waals surface area contributed by atoms with E-state index in [-0.39, 0.29) is 16.7 Å². The maximum atomic E-state index is 12.4. The number of anilines is 1. The number of hydrogen-bond donors (Lipinski definition) is 2. The van der Waals surface area contributed by atoms with Crippen LogP contribution in [0, 0.1) is 10.1 Å². The molecule has 0 fully saturated rings. The van der Waals surface area contributed by atoms with Crippen LogP contribution in [0.2, 0.25) is 0 Å². The number of nitrogens with one attached hydrogen (secondary N) is 1. The summed E-state index contributed by atoms with van der Waals surface area (Å²) in [4.78, 5) is 58.9. The van der Waals surface area contributed by atoms with Crippen LogP contribution in [0.25, 0.3) is 0 Å². The van der Waals surface area contributed by atoms with Gasteiger partial charge >= 0.3 is 0 Å². The summed E-state index contributed by atoms with van der Waals surface area (Å²) in [5.41, 5.74) is 4.77. The van der Waals surface area contributed by atoms with Gasteiger partial charge in [-0.25, -0.2) is 0 Å². The minimum atomic E-state index is -0.901. The van der Waals surface area contributed by atoms with E-state index in [0.29, 0.717) is 10.6 Å². The third kappa shape index (κ3) is 3.23. The normalized spacial score (nSPS) is 12.7. The first-order chi connectivity index (χ1) is 12.8. The largest absolute Gasteiger partial charge is 0.366 e. The molecule has 0 bridgehead atoms. The molecule has 10 heteroatoms. The van der Waals surface area contributed by atoms with Crippen LogP contribution in [0.5, 0.6) is 0 Å². The summed E-state index contributed by atoms with van der Waals surface area (Å²) >= 11 is 0. The lowest BCUT2D eigenvalue weighted by atomic mass is 10.1. The Balaban J connectivity index is 1.76. The Labute approximate surface area is 151 Å². The highest BCUT2D eigenvalue weighted by Crippen LogP contribution is 2.30. The van der Waals surface area contributed by atoms with Crippen molar-refractivity contribution in [2.24, 2.45) is 5.73 Å². The number of amides is 4. The fraction of sp³-hybridized carbons (Fsp3) is 0.0588. The van der Waals surface area contributed by atoms with Gasteiger partial charge in [0.1, 0.15) is 12.1 Å². The van der Waals surface area contributed by atoms with Gasteiger partial charge in [-0.05, 0) is 30.3 Å². The first-order valence-electron chi connectivity index (χ1n) is 7.63. The van der Waals surface area contributed by atoms with E-state index in [1.54, 1.807) is 0 Å². The molecule has 0 unspecified atom stereocenters. The molecule has 0 radical (unpaired) electrons. The Bertz CT molecular complexity index is 999. The summed E-state index contributed by atoms with van der Waals surface area (Å²) in [5, 5.41) is 13.5. The summed E-state index contributed by atoms with van der Waals surface area (Å²) < 4.78 is 0. The fourth-order valence-corrected chi connectivity index (χ4v) is 2.67. The highest BCUT2D eigenvalue weighted by Gasteiger charge is 2.41. The summed E-state index contributed by atoms with van der Waals surface area (Å²) in [6.07, 6.45) is 0. The zero-order valence-electron chi connectivity index (χ0n) is 13.7. The Morgan fingerprint density at radius 2 is 1.74 bits per heavy atom. The topological polar surface area (TPSA) is 153 Å². The van der Waals surface area contributed by atoms with Gasteiger partial charge in [0.15, 0.2) is 0 Å². The predicted octanol–water partition coefficient (Wildman–Crippen LogP) is 0.928. The molecule has 0 aromatic heterocycles. The lowest BCUT2D eigenvalue weighted by Gasteiger charge is -2.13. The van der Waals surface area contributed by atoms with Crippen molar-refractivity contribution in [1.82, 2.24) is 4.90 Å². The van der Waals surface area contributed by atoms with Crippen LogP contribution >= 0.6 is 0 Å². The number of nitrogens with zero attached hydrogens (tertiary/aromatic N) is 2. The molecule has 2 aromatic carbocycles. The number of nitrogens with two attached hydrogens (primary N) is 1. The minimum absolute atomic E-state index is 0.118. The molecule has 10 nitrogen and oxygen atoms in total. The van der Waals surface area contributed by atoms with Gasteiger partial charge in [-0.1, -0.05) is 6.07 Å². The average Bonchev–Trinajstić information content (AvgIpc) is 2.87. The molecular weight excluding hydrogens is 356 g/mol. The van der Waals surface area contributed by atoms with Crippen LogP contribution in [0.1, 0.15) is 31.1 Å². The number of primary amides is 1. The van der Waals surface area contributed by atoms with Gasteiger partial charge in [0, 0.05) is 17.3 Å². The zero-order chi connectivity index (χ0) is 19.7. The van der Waals surface area contributed by atoms with Crippen molar-refractivity contribution in [2.75, 3.05) is 11.9 Å². The molecule has 3 rings (SSSR count). The molecule has 0 spiro atoms. The molecule has 2 aromatic rings. The second-order valence-corrected chi connectivity index (χ2v) is 5.64. The van der Waals surface area contributed by atoms with Crippen LogP contribution in [0.15, 0.2) is 42.5 Å². The second-order valence-electron chi connectivity index (χ2n) is 5.64. The van der Waals surface area contributed by atoms with Gasteiger partial charge in [-0.3, -0.25) is 34.2 Å². The van der Waals surface area contributed by atoms with Crippen molar-refractivity contribution in [3.63, 3.8) is 0 Å². The summed E-state index contributed by atoms with van der Waals surface area (Å²) in [5.74, 6) is -2.99. The van der Waals surface area contributed by atoms with Crippen molar-refractivity contribution in [3.05, 3.63) is 69.3 Å². The van der Waals surface area contributed by atoms with E-state index in [1.165, 1.54) is 36.4 Å². The van der Waals surface area contributed by atoms with Gasteiger partial charge in [0.2, 0.25) is 11.8 Å². The molecule has 3 N–H and O–H groups in total. The SMILES string of the molecule is NC(=O)c1ccc(NC(=O)CN2C(=O)c3cccc([N+](=O)[O-])c3C2=O)cc1. The first kappa shape index (κ1) is 17.7. The molecule has 0 saturated heterocycles. The molecular formula is C17H12N4O6. The van der Waals surface area contributed by atoms with E-state index in [4.69, 9.17) is 5.73 Å². The van der Waals surface area contributed by atoms with Crippen LogP contribution in [-0.2, 0) is 4.79 Å². The van der Waals surface area contributed by atoms with Crippen molar-refractivity contribution in [3.8, 4) is 0 Å². The summed E-state index contributed by atoms with van der Waals surface area (Å²) in [6.45, 7) is -0.610. The lowest BCUT2D eigenvalue weighted by molar-refractivity contribution is -0.385. The molecule has 4 amide bonds. The monoisotopic (exact) mass is 368 g/mol. The van der Waals surface area contributed by atoms with Crippen molar-refractivity contribution < 1.29 is 24.1 Å². The Morgan fingerprint density at radius 1 is 1.07 bits per heavy atom. The van der Waals surface area contributed by atoms with E-state index in [0.717, 1.165) is 6.07 Å². The van der Waals surface area contributed by atoms with Crippen LogP contribution in [-0.4, -0.2) is 40.0 Å². The van der Waals surface area contributed by atoms with Gasteiger partial charge in [0.05, 0.1) is 10.5 Å². The van der Waals surface area contributed by atoms with E-state index >= 15 is 0 Å². The van der Waals surface area contributed by atoms with Gasteiger partial charge in [-0.15, -0.1) is 0 Å². The average molecular weight is 368 g/mol. The molecule has 136 valence electrons. The zero-order valence-corrected chi connectivity index (χ0v) is 13.7. The van der Waals surface area contributed by atoms with E-state index in [1.807, 2.05) is 0 Å². The van der Waals surface area contributed by atoms with Gasteiger partial charge < -0.3 is 11.1 Å². The van der Waals surface area contributed by atoms with Crippen LogP contribution in [0.3, 0.4) is 0 Å². The fourth-order valence-electron chi connectivity index (χ4n) is 2.67. The number of carbonyl (C=O) groups excluding carboxylic acids is 4. The number of nitro groups is 1. The van der Waals surface area contributed by atoms with Gasteiger partial charge in [-0.2, -0.15) is 0 Å². The smallest absolute Gasteiger partial charge is 0.282 e. The van der Waals surface area contributed by atoms with Crippen LogP contribution in [0.4, 0.5) is 11.4 Å². The molecule has 1 aliphatic rings. The van der Waals surface area contributed by atoms with Crippen molar-refractivity contribution in [2.45, 2.75) is 0 Å². The molecule has 0 atom stereocenters. The standard InChI is InChI=1S/C17H12N4O6/c18-15(23)9-4-6-10(7-5-9)19-13(22)8-20-16(24)11-2-1-3-12(21(26)27)14(11)17(20)25/h1-7H,8H2,(H2,18,23)(H,19,22). The third-order valence-electron chi connectivity index (χ3n) is 3.93. The number of hydrogen-bond acceptors (Lipinski definition) is 6. The van der Waals surface area contributed by atoms with Crippen molar-refractivity contribution in [1.29, 1.82) is 0 Å². The number of carbonyl (C=O) groups is 4. The maximum Gasteiger partial charge on any atom is 0.282 e. The van der Waals surface area contributed by atoms with Crippen LogP contribution < -0.4 is 11.1 Å². The molecule has 0 aliphatic carbocycles. The molecule has 0 saturated carbocycles. The quantitative estimate of drug-likeness (QED) is 0.455. The summed E-state index contributed by atoms with van der Waals surface area (Å²) in [7, 11) is 0. The van der Waals surface area contributed by atoms with Gasteiger partial charge in [0.25, 0.3) is 17.5 Å². The Morgan fingerprint density at radius 3 is 2.33 bits per heavy atom. The highest BCUT2D eigenvalue weighted by atomic mass is 16.6.